The first kappa shape index (κ1) is 70.9. The molecule has 8 aromatic heterocycles. The van der Waals surface area contributed by atoms with Crippen LogP contribution >= 0.6 is 0 Å². The molecule has 12 nitrogen and oxygen atoms in total. The number of nitrogens with zero attached hydrogens (tertiary/aromatic N) is 12. The van der Waals surface area contributed by atoms with Crippen LogP contribution in [0.15, 0.2) is 425 Å². The van der Waals surface area contributed by atoms with Crippen molar-refractivity contribution in [1.29, 1.82) is 0 Å². The topological polar surface area (TPSA) is 115 Å². The number of para-hydroxylation sites is 8. The molecule has 8 heterocycles. The molecule has 0 atom stereocenters. The highest BCUT2D eigenvalue weighted by Crippen LogP contribution is 2.46. The van der Waals surface area contributed by atoms with E-state index in [9.17, 15) is 0 Å². The first-order chi connectivity index (χ1) is 62.0. The summed E-state index contributed by atoms with van der Waals surface area (Å²) in [5.74, 6) is 2.66. The van der Waals surface area contributed by atoms with Gasteiger partial charge in [-0.05, 0) is 177 Å². The summed E-state index contributed by atoms with van der Waals surface area (Å²) in [4.78, 5) is 38.6. The first-order valence-corrected chi connectivity index (χ1v) is 42.2. The summed E-state index contributed by atoms with van der Waals surface area (Å²) in [7, 11) is 0. The van der Waals surface area contributed by atoms with Gasteiger partial charge in [0.1, 0.15) is 0 Å². The number of fused-ring (bicyclic) bond motifs is 15. The normalized spacial score (nSPS) is 11.8. The van der Waals surface area contributed by atoms with E-state index in [1.807, 2.05) is 18.3 Å². The first-order valence-electron chi connectivity index (χ1n) is 42.2. The summed E-state index contributed by atoms with van der Waals surface area (Å²) in [5.41, 5.74) is 28.1. The zero-order valence-electron chi connectivity index (χ0n) is 67.3. The van der Waals surface area contributed by atoms with Crippen LogP contribution in [0.25, 0.3) is 239 Å². The maximum Gasteiger partial charge on any atom is 0.241 e. The molecule has 0 fully saturated rings. The van der Waals surface area contributed by atoms with Crippen molar-refractivity contribution in [2.75, 3.05) is 0 Å². The number of benzene rings is 17. The van der Waals surface area contributed by atoms with Crippen LogP contribution in [0, 0.1) is 0 Å². The van der Waals surface area contributed by atoms with Crippen LogP contribution in [0.3, 0.4) is 0 Å². The molecule has 0 saturated heterocycles. The molecule has 17 aromatic carbocycles. The van der Waals surface area contributed by atoms with E-state index < -0.39 is 0 Å². The summed E-state index contributed by atoms with van der Waals surface area (Å²) in [6.45, 7) is 0. The smallest absolute Gasteiger partial charge is 0.241 e. The van der Waals surface area contributed by atoms with Gasteiger partial charge in [-0.3, -0.25) is 18.3 Å². The van der Waals surface area contributed by atoms with Crippen LogP contribution in [0.4, 0.5) is 0 Å². The fourth-order valence-corrected chi connectivity index (χ4v) is 19.2. The molecule has 0 saturated carbocycles. The van der Waals surface area contributed by atoms with Crippen molar-refractivity contribution < 1.29 is 0 Å². The summed E-state index contributed by atoms with van der Waals surface area (Å²) in [5, 5.41) is 11.1. The van der Waals surface area contributed by atoms with Gasteiger partial charge in [0.2, 0.25) is 23.8 Å². The van der Waals surface area contributed by atoms with E-state index in [2.05, 4.69) is 429 Å². The molecule has 0 aliphatic heterocycles. The van der Waals surface area contributed by atoms with Gasteiger partial charge in [-0.1, -0.05) is 297 Å². The van der Waals surface area contributed by atoms with Crippen LogP contribution in [-0.2, 0) is 0 Å². The van der Waals surface area contributed by atoms with Gasteiger partial charge < -0.3 is 4.57 Å². The predicted molar refractivity (Wildman–Crippen MR) is 512 cm³/mol. The van der Waals surface area contributed by atoms with Gasteiger partial charge in [0.25, 0.3) is 0 Å². The molecule has 12 heteroatoms. The molecule has 0 aliphatic rings. The standard InChI is InChI=1S/C113H70N12/c1-4-27-71(28-5-1)73-51-53-74(54-52-73)79-65-81(84-41-26-50-105-107(84)91-39-16-24-48-103(91)124(105)113-119-111(122-99-44-20-12-35-87(99)88-36-13-21-45-100(88)122)118-112(120-113)123-101-46-22-14-37-89(101)90-38-15-23-47-102(90)123)67-82(66-79)94-63-64-114-110(117-94)125-104-49-25-17-40-92(104)108-93(68-80(69-106(108)125)72-29-6-2-7-30-72)75-55-57-77(58-56-75)96-70-95(76-31-8-3-9-32-76)115-109(116-96)78-59-61-83(62-60-78)121-97-42-18-10-33-85(97)86-34-11-19-43-98(86)121/h1-70H. The maximum absolute atomic E-state index is 5.75. The zero-order valence-corrected chi connectivity index (χ0v) is 67.3. The fourth-order valence-electron chi connectivity index (χ4n) is 19.2. The Kier molecular flexibility index (Phi) is 16.4. The highest BCUT2D eigenvalue weighted by molar-refractivity contribution is 6.19. The van der Waals surface area contributed by atoms with E-state index in [-0.39, 0.29) is 0 Å². The second kappa shape index (κ2) is 28.8. The lowest BCUT2D eigenvalue weighted by atomic mass is 9.92. The molecule has 0 N–H and O–H groups in total. The number of hydrogen-bond acceptors (Lipinski definition) is 7. The van der Waals surface area contributed by atoms with Crippen LogP contribution < -0.4 is 0 Å². The minimum atomic E-state index is 0.477. The van der Waals surface area contributed by atoms with Crippen molar-refractivity contribution >= 4 is 109 Å². The van der Waals surface area contributed by atoms with Crippen LogP contribution in [0.5, 0.6) is 0 Å². The number of hydrogen-bond donors (Lipinski definition) is 0. The second-order valence-electron chi connectivity index (χ2n) is 32.0. The Morgan fingerprint density at radius 1 is 0.160 bits per heavy atom. The lowest BCUT2D eigenvalue weighted by molar-refractivity contribution is 0.848. The lowest BCUT2D eigenvalue weighted by Crippen LogP contribution is -2.13. The van der Waals surface area contributed by atoms with Gasteiger partial charge in [-0.25, -0.2) is 19.9 Å². The molecule has 0 amide bonds. The molecule has 0 unspecified atom stereocenters. The zero-order chi connectivity index (χ0) is 82.2. The van der Waals surface area contributed by atoms with E-state index in [0.717, 1.165) is 199 Å². The molecule has 25 aromatic rings. The summed E-state index contributed by atoms with van der Waals surface area (Å²) in [6.07, 6.45) is 1.91. The van der Waals surface area contributed by atoms with Gasteiger partial charge in [0, 0.05) is 88.0 Å². The fraction of sp³-hybridized carbons (Fsp3) is 0. The molecule has 0 spiro atoms. The van der Waals surface area contributed by atoms with Crippen molar-refractivity contribution in [2.24, 2.45) is 0 Å². The second-order valence-corrected chi connectivity index (χ2v) is 32.0. The van der Waals surface area contributed by atoms with Crippen molar-refractivity contribution in [1.82, 2.24) is 57.7 Å². The largest absolute Gasteiger partial charge is 0.309 e. The lowest BCUT2D eigenvalue weighted by Gasteiger charge is -2.15. The Bertz CT molecular complexity index is 8350. The SMILES string of the molecule is c1ccc(-c2ccc(-c3cc(-c4ccnc(-n5c6ccccc6c6c(-c7ccc(-c8cc(-c9ccccc9)nc(-c9ccc(-n%10c%11ccccc%11c%11ccccc%11%10)cc9)n8)cc7)cc(-c7ccccc7)cc65)n4)cc(-c4cccc5c4c4ccccc4n5-c4nc(-n5c6ccccc6c6ccccc65)nc(-n5c6ccccc6c6ccccc65)n4)c3)cc2)cc1. The third-order valence-electron chi connectivity index (χ3n) is 24.9. The van der Waals surface area contributed by atoms with Crippen LogP contribution in [-0.4, -0.2) is 57.7 Å². The van der Waals surface area contributed by atoms with Crippen molar-refractivity contribution in [2.45, 2.75) is 0 Å². The van der Waals surface area contributed by atoms with Crippen molar-refractivity contribution in [3.8, 4) is 130 Å². The summed E-state index contributed by atoms with van der Waals surface area (Å²) < 4.78 is 11.2. The monoisotopic (exact) mass is 1590 g/mol. The highest BCUT2D eigenvalue weighted by atomic mass is 15.3. The van der Waals surface area contributed by atoms with E-state index in [1.165, 1.54) is 10.8 Å². The Balaban J connectivity index is 0.640. The Morgan fingerprint density at radius 3 is 0.992 bits per heavy atom. The summed E-state index contributed by atoms with van der Waals surface area (Å²) in [6, 6.07) is 149. The maximum atomic E-state index is 5.75. The number of aromatic nitrogens is 12. The summed E-state index contributed by atoms with van der Waals surface area (Å²) >= 11 is 0. The van der Waals surface area contributed by atoms with E-state index in [4.69, 9.17) is 34.9 Å². The molecule has 0 radical (unpaired) electrons. The molecule has 25 rings (SSSR count). The van der Waals surface area contributed by atoms with E-state index >= 15 is 0 Å². The minimum absolute atomic E-state index is 0.477. The third-order valence-corrected chi connectivity index (χ3v) is 24.9. The molecule has 125 heavy (non-hydrogen) atoms. The van der Waals surface area contributed by atoms with E-state index in [0.29, 0.717) is 29.6 Å². The Morgan fingerprint density at radius 2 is 0.496 bits per heavy atom. The predicted octanol–water partition coefficient (Wildman–Crippen LogP) is 27.9. The van der Waals surface area contributed by atoms with Crippen LogP contribution in [0.2, 0.25) is 0 Å². The van der Waals surface area contributed by atoms with Gasteiger partial charge in [-0.15, -0.1) is 0 Å². The van der Waals surface area contributed by atoms with Crippen molar-refractivity contribution in [3.05, 3.63) is 425 Å². The average Bonchev–Trinajstić information content (AvgIpc) is 1.57. The minimum Gasteiger partial charge on any atom is -0.309 e. The van der Waals surface area contributed by atoms with Gasteiger partial charge >= 0.3 is 0 Å². The molecule has 0 bridgehead atoms. The van der Waals surface area contributed by atoms with Crippen molar-refractivity contribution in [3.63, 3.8) is 0 Å². The molecule has 0 aliphatic carbocycles. The van der Waals surface area contributed by atoms with Gasteiger partial charge in [0.15, 0.2) is 5.82 Å². The molecular formula is C113H70N12. The Labute approximate surface area is 717 Å². The van der Waals surface area contributed by atoms with Gasteiger partial charge in [0.05, 0.1) is 72.2 Å². The third kappa shape index (κ3) is 11.7. The average molecular weight is 1600 g/mol. The Hall–Kier alpha value is -17.1. The highest BCUT2D eigenvalue weighted by Gasteiger charge is 2.27. The molecule has 582 valence electrons. The quantitative estimate of drug-likeness (QED) is 0.106. The van der Waals surface area contributed by atoms with Crippen LogP contribution in [0.1, 0.15) is 0 Å². The molecular weight excluding hydrogens is 1530 g/mol. The van der Waals surface area contributed by atoms with E-state index in [1.54, 1.807) is 0 Å². The number of rotatable bonds is 14. The van der Waals surface area contributed by atoms with Gasteiger partial charge in [-0.2, -0.15) is 15.0 Å².